The van der Waals surface area contributed by atoms with Crippen molar-refractivity contribution in [3.63, 3.8) is 0 Å². The van der Waals surface area contributed by atoms with Gasteiger partial charge in [-0.15, -0.1) is 0 Å². The molecule has 2 aliphatic heterocycles. The summed E-state index contributed by atoms with van der Waals surface area (Å²) in [4.78, 5) is 28.9. The number of piperidine rings is 1. The number of nitrogens with zero attached hydrogens (tertiary/aromatic N) is 2. The van der Waals surface area contributed by atoms with Crippen LogP contribution in [0.4, 0.5) is 10.5 Å². The maximum absolute atomic E-state index is 12.7. The molecule has 0 aliphatic carbocycles. The summed E-state index contributed by atoms with van der Waals surface area (Å²) in [6, 6.07) is 9.43. The Morgan fingerprint density at radius 2 is 1.46 bits per heavy atom. The Morgan fingerprint density at radius 3 is 2.08 bits per heavy atom. The van der Waals surface area contributed by atoms with Crippen molar-refractivity contribution in [2.75, 3.05) is 31.5 Å². The summed E-state index contributed by atoms with van der Waals surface area (Å²) in [6.45, 7) is 3.13. The van der Waals surface area contributed by atoms with E-state index in [-0.39, 0.29) is 11.9 Å². The van der Waals surface area contributed by atoms with Gasteiger partial charge in [-0.25, -0.2) is 4.79 Å². The SMILES string of the molecule is O=C(Nc1ccccc1)N1CCC(C(=O)N2CCCCCC2)CC1. The number of rotatable bonds is 2. The van der Waals surface area contributed by atoms with Gasteiger partial charge in [-0.05, 0) is 37.8 Å². The molecular formula is C19H27N3O2. The number of carbonyl (C=O) groups excluding carboxylic acids is 2. The van der Waals surface area contributed by atoms with Crippen LogP contribution in [0.2, 0.25) is 0 Å². The van der Waals surface area contributed by atoms with Crippen molar-refractivity contribution in [1.82, 2.24) is 9.80 Å². The number of carbonyl (C=O) groups is 2. The van der Waals surface area contributed by atoms with Gasteiger partial charge >= 0.3 is 6.03 Å². The third kappa shape index (κ3) is 4.28. The van der Waals surface area contributed by atoms with Gasteiger partial charge in [-0.3, -0.25) is 4.79 Å². The number of hydrogen-bond donors (Lipinski definition) is 1. The maximum atomic E-state index is 12.7. The van der Waals surface area contributed by atoms with Crippen LogP contribution < -0.4 is 5.32 Å². The van der Waals surface area contributed by atoms with Crippen LogP contribution in [0.5, 0.6) is 0 Å². The molecule has 2 saturated heterocycles. The summed E-state index contributed by atoms with van der Waals surface area (Å²) < 4.78 is 0. The average Bonchev–Trinajstić information content (AvgIpc) is 2.91. The van der Waals surface area contributed by atoms with E-state index in [0.717, 1.165) is 44.5 Å². The third-order valence-corrected chi connectivity index (χ3v) is 5.07. The first-order chi connectivity index (χ1) is 11.7. The molecule has 1 aromatic rings. The van der Waals surface area contributed by atoms with Crippen LogP contribution in [-0.4, -0.2) is 47.9 Å². The Kier molecular flexibility index (Phi) is 5.72. The molecule has 0 radical (unpaired) electrons. The summed E-state index contributed by atoms with van der Waals surface area (Å²) in [7, 11) is 0. The Labute approximate surface area is 144 Å². The lowest BCUT2D eigenvalue weighted by molar-refractivity contribution is -0.136. The molecule has 0 spiro atoms. The predicted molar refractivity (Wildman–Crippen MR) is 94.8 cm³/mol. The van der Waals surface area contributed by atoms with Crippen LogP contribution in [0.25, 0.3) is 0 Å². The van der Waals surface area contributed by atoms with Crippen LogP contribution in [0.3, 0.4) is 0 Å². The molecule has 1 aromatic carbocycles. The minimum absolute atomic E-state index is 0.0677. The van der Waals surface area contributed by atoms with Gasteiger partial charge in [-0.1, -0.05) is 31.0 Å². The highest BCUT2D eigenvalue weighted by molar-refractivity contribution is 5.89. The van der Waals surface area contributed by atoms with Gasteiger partial charge in [0, 0.05) is 37.8 Å². The number of amides is 3. The molecule has 1 N–H and O–H groups in total. The standard InChI is InChI=1S/C19H27N3O2/c23-18(21-12-6-1-2-7-13-21)16-10-14-22(15-11-16)19(24)20-17-8-4-3-5-9-17/h3-5,8-9,16H,1-2,6-7,10-15H2,(H,20,24). The summed E-state index contributed by atoms with van der Waals surface area (Å²) in [5.74, 6) is 0.392. The molecule has 0 unspecified atom stereocenters. The number of hydrogen-bond acceptors (Lipinski definition) is 2. The van der Waals surface area contributed by atoms with E-state index in [1.54, 1.807) is 0 Å². The van der Waals surface area contributed by atoms with Gasteiger partial charge in [0.2, 0.25) is 5.91 Å². The highest BCUT2D eigenvalue weighted by Crippen LogP contribution is 2.22. The second kappa shape index (κ2) is 8.18. The molecule has 5 nitrogen and oxygen atoms in total. The van der Waals surface area contributed by atoms with Gasteiger partial charge in [0.25, 0.3) is 0 Å². The first-order valence-electron chi connectivity index (χ1n) is 9.14. The fourth-order valence-corrected chi connectivity index (χ4v) is 3.60. The zero-order chi connectivity index (χ0) is 16.8. The van der Waals surface area contributed by atoms with E-state index >= 15 is 0 Å². The van der Waals surface area contributed by atoms with Crippen molar-refractivity contribution < 1.29 is 9.59 Å². The topological polar surface area (TPSA) is 52.7 Å². The molecule has 0 saturated carbocycles. The third-order valence-electron chi connectivity index (χ3n) is 5.07. The highest BCUT2D eigenvalue weighted by atomic mass is 16.2. The van der Waals surface area contributed by atoms with Gasteiger partial charge in [0.05, 0.1) is 0 Å². The van der Waals surface area contributed by atoms with Crippen molar-refractivity contribution in [3.05, 3.63) is 30.3 Å². The number of nitrogens with one attached hydrogen (secondary N) is 1. The summed E-state index contributed by atoms with van der Waals surface area (Å²) in [5, 5.41) is 2.92. The first kappa shape index (κ1) is 16.8. The van der Waals surface area contributed by atoms with Crippen LogP contribution >= 0.6 is 0 Å². The Morgan fingerprint density at radius 1 is 0.833 bits per heavy atom. The number of urea groups is 1. The largest absolute Gasteiger partial charge is 0.342 e. The summed E-state index contributed by atoms with van der Waals surface area (Å²) in [6.07, 6.45) is 6.28. The van der Waals surface area contributed by atoms with Gasteiger partial charge in [-0.2, -0.15) is 0 Å². The molecule has 2 aliphatic rings. The monoisotopic (exact) mass is 329 g/mol. The van der Waals surface area contributed by atoms with Crippen molar-refractivity contribution in [1.29, 1.82) is 0 Å². The molecule has 2 heterocycles. The minimum Gasteiger partial charge on any atom is -0.342 e. The molecule has 0 aromatic heterocycles. The molecule has 5 heteroatoms. The van der Waals surface area contributed by atoms with Crippen molar-refractivity contribution in [2.24, 2.45) is 5.92 Å². The van der Waals surface area contributed by atoms with E-state index in [1.807, 2.05) is 35.2 Å². The molecule has 24 heavy (non-hydrogen) atoms. The van der Waals surface area contributed by atoms with Crippen LogP contribution in [0, 0.1) is 5.92 Å². The quantitative estimate of drug-likeness (QED) is 0.905. The highest BCUT2D eigenvalue weighted by Gasteiger charge is 2.30. The second-order valence-electron chi connectivity index (χ2n) is 6.80. The molecule has 130 valence electrons. The number of anilines is 1. The van der Waals surface area contributed by atoms with Crippen molar-refractivity contribution in [3.8, 4) is 0 Å². The number of benzene rings is 1. The summed E-state index contributed by atoms with van der Waals surface area (Å²) in [5.41, 5.74) is 0.810. The average molecular weight is 329 g/mol. The molecular weight excluding hydrogens is 302 g/mol. The Hall–Kier alpha value is -2.04. The fraction of sp³-hybridized carbons (Fsp3) is 0.579. The first-order valence-corrected chi connectivity index (χ1v) is 9.14. The smallest absolute Gasteiger partial charge is 0.321 e. The lowest BCUT2D eigenvalue weighted by Gasteiger charge is -2.34. The Bertz CT molecular complexity index is 545. The minimum atomic E-state index is -0.0677. The molecule has 0 atom stereocenters. The lowest BCUT2D eigenvalue weighted by atomic mass is 9.95. The number of likely N-dealkylation sites (tertiary alicyclic amines) is 2. The zero-order valence-corrected chi connectivity index (χ0v) is 14.2. The molecule has 0 bridgehead atoms. The van der Waals surface area contributed by atoms with Crippen LogP contribution in [0.15, 0.2) is 30.3 Å². The van der Waals surface area contributed by atoms with E-state index in [1.165, 1.54) is 12.8 Å². The Balaban J connectivity index is 1.48. The van der Waals surface area contributed by atoms with E-state index in [9.17, 15) is 9.59 Å². The molecule has 3 amide bonds. The molecule has 3 rings (SSSR count). The fourth-order valence-electron chi connectivity index (χ4n) is 3.60. The van der Waals surface area contributed by atoms with E-state index in [4.69, 9.17) is 0 Å². The lowest BCUT2D eigenvalue weighted by Crippen LogP contribution is -2.45. The van der Waals surface area contributed by atoms with Gasteiger partial charge < -0.3 is 15.1 Å². The van der Waals surface area contributed by atoms with E-state index in [0.29, 0.717) is 19.0 Å². The van der Waals surface area contributed by atoms with E-state index < -0.39 is 0 Å². The van der Waals surface area contributed by atoms with Crippen molar-refractivity contribution >= 4 is 17.6 Å². The second-order valence-corrected chi connectivity index (χ2v) is 6.80. The van der Waals surface area contributed by atoms with Crippen molar-refractivity contribution in [2.45, 2.75) is 38.5 Å². The normalized spacial score (nSPS) is 19.7. The van der Waals surface area contributed by atoms with Gasteiger partial charge in [0.1, 0.15) is 0 Å². The van der Waals surface area contributed by atoms with E-state index in [2.05, 4.69) is 10.2 Å². The number of para-hydroxylation sites is 1. The van der Waals surface area contributed by atoms with Crippen LogP contribution in [0.1, 0.15) is 38.5 Å². The van der Waals surface area contributed by atoms with Crippen LogP contribution in [-0.2, 0) is 4.79 Å². The summed E-state index contributed by atoms with van der Waals surface area (Å²) >= 11 is 0. The predicted octanol–water partition coefficient (Wildman–Crippen LogP) is 3.33. The zero-order valence-electron chi connectivity index (χ0n) is 14.2. The molecule has 2 fully saturated rings. The van der Waals surface area contributed by atoms with Gasteiger partial charge in [0.15, 0.2) is 0 Å². The maximum Gasteiger partial charge on any atom is 0.321 e.